The number of benzene rings is 1. The molecule has 0 spiro atoms. The lowest BCUT2D eigenvalue weighted by atomic mass is 10.1. The number of aryl methyl sites for hydroxylation is 1. The van der Waals surface area contributed by atoms with E-state index < -0.39 is 5.97 Å². The van der Waals surface area contributed by atoms with Gasteiger partial charge in [-0.05, 0) is 18.6 Å². The Morgan fingerprint density at radius 1 is 1.31 bits per heavy atom. The Labute approximate surface area is 77.6 Å². The number of carbonyl (C=O) groups is 1. The van der Waals surface area contributed by atoms with E-state index in [0.29, 0.717) is 5.56 Å². The first-order chi connectivity index (χ1) is 6.13. The van der Waals surface area contributed by atoms with Gasteiger partial charge in [-0.15, -0.1) is 0 Å². The van der Waals surface area contributed by atoms with E-state index in [1.165, 1.54) is 6.07 Å². The number of aromatic carboxylic acids is 1. The first kappa shape index (κ1) is 11.5. The van der Waals surface area contributed by atoms with E-state index in [4.69, 9.17) is 10.2 Å². The molecule has 1 rings (SSSR count). The van der Waals surface area contributed by atoms with Crippen LogP contribution in [-0.4, -0.2) is 16.2 Å². The predicted octanol–water partition coefficient (Wildman–Crippen LogP) is 2.43. The zero-order chi connectivity index (χ0) is 10.4. The molecule has 0 saturated carbocycles. The van der Waals surface area contributed by atoms with Gasteiger partial charge < -0.3 is 10.2 Å². The van der Waals surface area contributed by atoms with E-state index in [1.807, 2.05) is 13.8 Å². The molecule has 0 aromatic heterocycles. The SMILES string of the molecule is CC.Cc1cccc(O)c1C(=O)O. The summed E-state index contributed by atoms with van der Waals surface area (Å²) in [5.41, 5.74) is 0.546. The second kappa shape index (κ2) is 5.19. The van der Waals surface area contributed by atoms with Crippen molar-refractivity contribution >= 4 is 5.97 Å². The normalized spacial score (nSPS) is 8.54. The van der Waals surface area contributed by atoms with Gasteiger partial charge in [0.15, 0.2) is 0 Å². The summed E-state index contributed by atoms with van der Waals surface area (Å²) in [6, 6.07) is 4.61. The minimum Gasteiger partial charge on any atom is -0.507 e. The number of hydrogen-bond acceptors (Lipinski definition) is 2. The Kier molecular flexibility index (Phi) is 4.59. The summed E-state index contributed by atoms with van der Waals surface area (Å²) >= 11 is 0. The van der Waals surface area contributed by atoms with E-state index in [9.17, 15) is 4.79 Å². The van der Waals surface area contributed by atoms with Crippen LogP contribution in [0.3, 0.4) is 0 Å². The average molecular weight is 182 g/mol. The molecule has 0 bridgehead atoms. The first-order valence-electron chi connectivity index (χ1n) is 4.15. The molecule has 3 nitrogen and oxygen atoms in total. The van der Waals surface area contributed by atoms with Crippen molar-refractivity contribution in [3.63, 3.8) is 0 Å². The second-order valence-corrected chi connectivity index (χ2v) is 2.27. The number of hydrogen-bond donors (Lipinski definition) is 2. The number of phenols is 1. The molecule has 0 aliphatic rings. The molecule has 0 saturated heterocycles. The van der Waals surface area contributed by atoms with Gasteiger partial charge in [-0.1, -0.05) is 26.0 Å². The maximum atomic E-state index is 10.5. The molecule has 0 fully saturated rings. The van der Waals surface area contributed by atoms with Gasteiger partial charge in [0.2, 0.25) is 0 Å². The molecular weight excluding hydrogens is 168 g/mol. The van der Waals surface area contributed by atoms with Gasteiger partial charge in [-0.2, -0.15) is 0 Å². The maximum absolute atomic E-state index is 10.5. The monoisotopic (exact) mass is 182 g/mol. The Morgan fingerprint density at radius 2 is 1.85 bits per heavy atom. The lowest BCUT2D eigenvalue weighted by molar-refractivity contribution is 0.0693. The highest BCUT2D eigenvalue weighted by Crippen LogP contribution is 2.19. The van der Waals surface area contributed by atoms with Crippen molar-refractivity contribution in [1.29, 1.82) is 0 Å². The zero-order valence-electron chi connectivity index (χ0n) is 8.03. The number of carboxylic acids is 1. The average Bonchev–Trinajstić information content (AvgIpc) is 2.07. The zero-order valence-corrected chi connectivity index (χ0v) is 8.03. The van der Waals surface area contributed by atoms with Crippen LogP contribution in [0.2, 0.25) is 0 Å². The molecule has 1 aromatic carbocycles. The molecule has 13 heavy (non-hydrogen) atoms. The highest BCUT2D eigenvalue weighted by atomic mass is 16.4. The summed E-state index contributed by atoms with van der Waals surface area (Å²) in [6.45, 7) is 5.64. The fourth-order valence-corrected chi connectivity index (χ4v) is 0.931. The van der Waals surface area contributed by atoms with Crippen molar-refractivity contribution in [2.24, 2.45) is 0 Å². The van der Waals surface area contributed by atoms with Crippen molar-refractivity contribution < 1.29 is 15.0 Å². The minimum absolute atomic E-state index is 0.0208. The lowest BCUT2D eigenvalue weighted by Crippen LogP contribution is -1.99. The summed E-state index contributed by atoms with van der Waals surface area (Å²) < 4.78 is 0. The highest BCUT2D eigenvalue weighted by Gasteiger charge is 2.10. The van der Waals surface area contributed by atoms with Gasteiger partial charge in [0.1, 0.15) is 11.3 Å². The second-order valence-electron chi connectivity index (χ2n) is 2.27. The number of rotatable bonds is 1. The summed E-state index contributed by atoms with van der Waals surface area (Å²) in [6.07, 6.45) is 0. The standard InChI is InChI=1S/C8H8O3.C2H6/c1-5-3-2-4-6(9)7(5)8(10)11;1-2/h2-4,9H,1H3,(H,10,11);1-2H3. The van der Waals surface area contributed by atoms with Gasteiger partial charge in [0.25, 0.3) is 0 Å². The van der Waals surface area contributed by atoms with Crippen LogP contribution in [0.1, 0.15) is 29.8 Å². The lowest BCUT2D eigenvalue weighted by Gasteiger charge is -2.01. The van der Waals surface area contributed by atoms with Crippen molar-refractivity contribution in [1.82, 2.24) is 0 Å². The molecule has 0 unspecified atom stereocenters. The molecule has 1 aromatic rings. The van der Waals surface area contributed by atoms with Gasteiger partial charge in [0.05, 0.1) is 0 Å². The van der Waals surface area contributed by atoms with Crippen LogP contribution in [0.5, 0.6) is 5.75 Å². The smallest absolute Gasteiger partial charge is 0.339 e. The summed E-state index contributed by atoms with van der Waals surface area (Å²) in [4.78, 5) is 10.5. The maximum Gasteiger partial charge on any atom is 0.339 e. The van der Waals surface area contributed by atoms with Gasteiger partial charge >= 0.3 is 5.97 Å². The van der Waals surface area contributed by atoms with E-state index in [2.05, 4.69) is 0 Å². The summed E-state index contributed by atoms with van der Waals surface area (Å²) in [5.74, 6) is -1.28. The van der Waals surface area contributed by atoms with Crippen LogP contribution in [-0.2, 0) is 0 Å². The molecule has 0 heterocycles. The third kappa shape index (κ3) is 2.78. The van der Waals surface area contributed by atoms with Crippen LogP contribution < -0.4 is 0 Å². The van der Waals surface area contributed by atoms with Crippen molar-refractivity contribution in [3.05, 3.63) is 29.3 Å². The van der Waals surface area contributed by atoms with Crippen LogP contribution in [0.15, 0.2) is 18.2 Å². The fraction of sp³-hybridized carbons (Fsp3) is 0.300. The Hall–Kier alpha value is -1.51. The Balaban J connectivity index is 0.000000671. The van der Waals surface area contributed by atoms with Gasteiger partial charge in [-0.3, -0.25) is 0 Å². The molecule has 2 N–H and O–H groups in total. The van der Waals surface area contributed by atoms with E-state index in [-0.39, 0.29) is 11.3 Å². The van der Waals surface area contributed by atoms with E-state index >= 15 is 0 Å². The molecule has 0 amide bonds. The topological polar surface area (TPSA) is 57.5 Å². The van der Waals surface area contributed by atoms with E-state index in [1.54, 1.807) is 19.1 Å². The van der Waals surface area contributed by atoms with Crippen molar-refractivity contribution in [2.45, 2.75) is 20.8 Å². The molecule has 72 valence electrons. The van der Waals surface area contributed by atoms with Crippen LogP contribution in [0.4, 0.5) is 0 Å². The van der Waals surface area contributed by atoms with E-state index in [0.717, 1.165) is 0 Å². The molecule has 0 aliphatic heterocycles. The number of aromatic hydroxyl groups is 1. The van der Waals surface area contributed by atoms with Crippen LogP contribution >= 0.6 is 0 Å². The Morgan fingerprint density at radius 3 is 2.15 bits per heavy atom. The molecule has 3 heteroatoms. The van der Waals surface area contributed by atoms with Gasteiger partial charge in [0, 0.05) is 0 Å². The molecule has 0 aliphatic carbocycles. The fourth-order valence-electron chi connectivity index (χ4n) is 0.931. The van der Waals surface area contributed by atoms with Gasteiger partial charge in [-0.25, -0.2) is 4.79 Å². The highest BCUT2D eigenvalue weighted by molar-refractivity contribution is 5.92. The summed E-state index contributed by atoms with van der Waals surface area (Å²) in [5, 5.41) is 17.7. The van der Waals surface area contributed by atoms with Crippen LogP contribution in [0.25, 0.3) is 0 Å². The molecule has 0 radical (unpaired) electrons. The largest absolute Gasteiger partial charge is 0.507 e. The quantitative estimate of drug-likeness (QED) is 0.701. The first-order valence-corrected chi connectivity index (χ1v) is 4.15. The Bertz CT molecular complexity index is 272. The third-order valence-corrected chi connectivity index (χ3v) is 1.46. The van der Waals surface area contributed by atoms with Crippen LogP contribution in [0, 0.1) is 6.92 Å². The summed E-state index contributed by atoms with van der Waals surface area (Å²) in [7, 11) is 0. The van der Waals surface area contributed by atoms with Crippen molar-refractivity contribution in [2.75, 3.05) is 0 Å². The predicted molar refractivity (Wildman–Crippen MR) is 51.2 cm³/mol. The van der Waals surface area contributed by atoms with Crippen molar-refractivity contribution in [3.8, 4) is 5.75 Å². The molecule has 0 atom stereocenters. The molecular formula is C10H14O3. The minimum atomic E-state index is -1.10. The number of carboxylic acid groups (broad SMARTS) is 1. The third-order valence-electron chi connectivity index (χ3n) is 1.46.